The van der Waals surface area contributed by atoms with Crippen LogP contribution in [0.3, 0.4) is 0 Å². The first kappa shape index (κ1) is 17.0. The van der Waals surface area contributed by atoms with E-state index < -0.39 is 0 Å². The maximum absolute atomic E-state index is 5.78. The van der Waals surface area contributed by atoms with E-state index in [0.29, 0.717) is 6.04 Å². The smallest absolute Gasteiger partial charge is 0.0766 e. The van der Waals surface area contributed by atoms with E-state index in [1.54, 1.807) is 0 Å². The highest BCUT2D eigenvalue weighted by atomic mass is 79.9. The topological polar surface area (TPSA) is 39.1 Å². The van der Waals surface area contributed by atoms with E-state index in [-0.39, 0.29) is 5.60 Å². The number of likely N-dealkylation sites (N-methyl/N-ethyl adjacent to an activating group) is 1. The summed E-state index contributed by atoms with van der Waals surface area (Å²) in [5, 5.41) is 8.17. The number of nitrogens with one attached hydrogen (secondary N) is 1. The first-order valence-electron chi connectivity index (χ1n) is 8.05. The molecule has 0 aromatic carbocycles. The number of methoxy groups -OCH3 is 1. The summed E-state index contributed by atoms with van der Waals surface area (Å²) in [6.45, 7) is 5.22. The highest BCUT2D eigenvalue weighted by molar-refractivity contribution is 9.10. The Kier molecular flexibility index (Phi) is 5.86. The number of hydrogen-bond donors (Lipinski definition) is 1. The fourth-order valence-electron chi connectivity index (χ4n) is 3.23. The molecule has 0 spiro atoms. The SMILES string of the molecule is CCc1nn(CC)c(CC(CC2(OC)CCC2)NC)c1Br. The number of nitrogens with zero attached hydrogens (tertiary/aromatic N) is 2. The van der Waals surface area contributed by atoms with Gasteiger partial charge in [0.05, 0.1) is 21.5 Å². The summed E-state index contributed by atoms with van der Waals surface area (Å²) in [5.41, 5.74) is 2.57. The molecule has 0 saturated heterocycles. The molecule has 1 unspecified atom stereocenters. The number of aromatic nitrogens is 2. The van der Waals surface area contributed by atoms with Crippen molar-refractivity contribution in [1.82, 2.24) is 15.1 Å². The highest BCUT2D eigenvalue weighted by Gasteiger charge is 2.39. The molecule has 1 atom stereocenters. The molecular formula is C16H28BrN3O. The molecule has 1 aliphatic carbocycles. The molecule has 1 saturated carbocycles. The van der Waals surface area contributed by atoms with E-state index >= 15 is 0 Å². The molecule has 2 rings (SSSR count). The molecule has 0 aliphatic heterocycles. The second-order valence-corrected chi connectivity index (χ2v) is 6.80. The molecule has 1 aromatic rings. The van der Waals surface area contributed by atoms with E-state index in [2.05, 4.69) is 39.8 Å². The molecule has 1 heterocycles. The summed E-state index contributed by atoms with van der Waals surface area (Å²) in [4.78, 5) is 0. The second-order valence-electron chi connectivity index (χ2n) is 6.01. The summed E-state index contributed by atoms with van der Waals surface area (Å²) in [6, 6.07) is 0.424. The van der Waals surface area contributed by atoms with E-state index in [1.165, 1.54) is 29.4 Å². The van der Waals surface area contributed by atoms with Crippen molar-refractivity contribution in [2.75, 3.05) is 14.2 Å². The average Bonchev–Trinajstić information content (AvgIpc) is 2.77. The molecule has 4 nitrogen and oxygen atoms in total. The zero-order valence-electron chi connectivity index (χ0n) is 13.7. The van der Waals surface area contributed by atoms with E-state index in [4.69, 9.17) is 9.84 Å². The Labute approximate surface area is 136 Å². The number of rotatable bonds is 8. The van der Waals surface area contributed by atoms with Crippen LogP contribution in [0.5, 0.6) is 0 Å². The molecule has 1 fully saturated rings. The number of halogens is 1. The maximum Gasteiger partial charge on any atom is 0.0766 e. The normalized spacial score (nSPS) is 18.5. The summed E-state index contributed by atoms with van der Waals surface area (Å²) in [5.74, 6) is 0. The number of hydrogen-bond acceptors (Lipinski definition) is 3. The van der Waals surface area contributed by atoms with Gasteiger partial charge < -0.3 is 10.1 Å². The van der Waals surface area contributed by atoms with Crippen molar-refractivity contribution < 1.29 is 4.74 Å². The fourth-order valence-corrected chi connectivity index (χ4v) is 3.96. The van der Waals surface area contributed by atoms with Crippen LogP contribution in [-0.2, 0) is 24.1 Å². The molecular weight excluding hydrogens is 330 g/mol. The van der Waals surface area contributed by atoms with Crippen molar-refractivity contribution in [2.24, 2.45) is 0 Å². The van der Waals surface area contributed by atoms with Crippen molar-refractivity contribution >= 4 is 15.9 Å². The second kappa shape index (κ2) is 7.25. The first-order chi connectivity index (χ1) is 10.1. The minimum Gasteiger partial charge on any atom is -0.378 e. The summed E-state index contributed by atoms with van der Waals surface area (Å²) in [7, 11) is 3.90. The minimum absolute atomic E-state index is 0.102. The van der Waals surface area contributed by atoms with Crippen molar-refractivity contribution in [3.05, 3.63) is 15.9 Å². The van der Waals surface area contributed by atoms with Gasteiger partial charge in [0.1, 0.15) is 0 Å². The van der Waals surface area contributed by atoms with Crippen LogP contribution in [0.15, 0.2) is 4.47 Å². The van der Waals surface area contributed by atoms with Crippen molar-refractivity contribution in [2.45, 2.75) is 70.6 Å². The summed E-state index contributed by atoms with van der Waals surface area (Å²) >= 11 is 3.75. The molecule has 5 heteroatoms. The van der Waals surface area contributed by atoms with Crippen LogP contribution in [0.1, 0.15) is 50.9 Å². The van der Waals surface area contributed by atoms with Crippen LogP contribution >= 0.6 is 15.9 Å². The van der Waals surface area contributed by atoms with Crippen LogP contribution in [0, 0.1) is 0 Å². The van der Waals surface area contributed by atoms with Crippen molar-refractivity contribution in [1.29, 1.82) is 0 Å². The predicted octanol–water partition coefficient (Wildman–Crippen LogP) is 3.32. The highest BCUT2D eigenvalue weighted by Crippen LogP contribution is 2.39. The van der Waals surface area contributed by atoms with Gasteiger partial charge in [0.25, 0.3) is 0 Å². The lowest BCUT2D eigenvalue weighted by Crippen LogP contribution is -2.46. The van der Waals surface area contributed by atoms with Crippen LogP contribution in [0.4, 0.5) is 0 Å². The van der Waals surface area contributed by atoms with Gasteiger partial charge in [0.15, 0.2) is 0 Å². The standard InChI is InChI=1S/C16H28BrN3O/c1-5-13-15(17)14(20(6-2)19-13)10-12(18-3)11-16(21-4)8-7-9-16/h12,18H,5-11H2,1-4H3. The van der Waals surface area contributed by atoms with Gasteiger partial charge in [-0.2, -0.15) is 5.10 Å². The Hall–Kier alpha value is -0.390. The third-order valence-corrected chi connectivity index (χ3v) is 5.77. The molecule has 0 amide bonds. The fraction of sp³-hybridized carbons (Fsp3) is 0.812. The molecule has 0 radical (unpaired) electrons. The van der Waals surface area contributed by atoms with Gasteiger partial charge in [0, 0.05) is 26.1 Å². The maximum atomic E-state index is 5.78. The van der Waals surface area contributed by atoms with E-state index in [9.17, 15) is 0 Å². The first-order valence-corrected chi connectivity index (χ1v) is 8.84. The summed E-state index contributed by atoms with van der Waals surface area (Å²) in [6.07, 6.45) is 6.70. The van der Waals surface area contributed by atoms with Gasteiger partial charge in [0.2, 0.25) is 0 Å². The van der Waals surface area contributed by atoms with Crippen LogP contribution in [-0.4, -0.2) is 35.6 Å². The lowest BCUT2D eigenvalue weighted by molar-refractivity contribution is -0.0831. The third kappa shape index (κ3) is 3.51. The van der Waals surface area contributed by atoms with Gasteiger partial charge in [-0.15, -0.1) is 0 Å². The number of aryl methyl sites for hydroxylation is 2. The van der Waals surface area contributed by atoms with E-state index in [0.717, 1.165) is 31.5 Å². The monoisotopic (exact) mass is 357 g/mol. The predicted molar refractivity (Wildman–Crippen MR) is 89.7 cm³/mol. The molecule has 1 aromatic heterocycles. The molecule has 0 bridgehead atoms. The van der Waals surface area contributed by atoms with Gasteiger partial charge in [-0.25, -0.2) is 0 Å². The molecule has 1 aliphatic rings. The van der Waals surface area contributed by atoms with Gasteiger partial charge in [-0.05, 0) is 62.0 Å². The minimum atomic E-state index is 0.102. The Balaban J connectivity index is 2.13. The molecule has 120 valence electrons. The molecule has 21 heavy (non-hydrogen) atoms. The van der Waals surface area contributed by atoms with Crippen LogP contribution < -0.4 is 5.32 Å². The lowest BCUT2D eigenvalue weighted by Gasteiger charge is -2.42. The average molecular weight is 358 g/mol. The summed E-state index contributed by atoms with van der Waals surface area (Å²) < 4.78 is 9.10. The van der Waals surface area contributed by atoms with Crippen molar-refractivity contribution in [3.63, 3.8) is 0 Å². The zero-order valence-corrected chi connectivity index (χ0v) is 15.3. The van der Waals surface area contributed by atoms with Crippen molar-refractivity contribution in [3.8, 4) is 0 Å². The van der Waals surface area contributed by atoms with Gasteiger partial charge in [-0.1, -0.05) is 6.92 Å². The van der Waals surface area contributed by atoms with E-state index in [1.807, 2.05) is 14.2 Å². The lowest BCUT2D eigenvalue weighted by atomic mass is 9.75. The Morgan fingerprint density at radius 3 is 2.57 bits per heavy atom. The largest absolute Gasteiger partial charge is 0.378 e. The third-order valence-electron chi connectivity index (χ3n) is 4.86. The van der Waals surface area contributed by atoms with Crippen LogP contribution in [0.2, 0.25) is 0 Å². The molecule has 1 N–H and O–H groups in total. The Morgan fingerprint density at radius 2 is 2.14 bits per heavy atom. The quantitative estimate of drug-likeness (QED) is 0.775. The van der Waals surface area contributed by atoms with Gasteiger partial charge in [-0.3, -0.25) is 4.68 Å². The Morgan fingerprint density at radius 1 is 1.43 bits per heavy atom. The van der Waals surface area contributed by atoms with Gasteiger partial charge >= 0.3 is 0 Å². The Bertz CT molecular complexity index is 463. The number of ether oxygens (including phenoxy) is 1. The van der Waals surface area contributed by atoms with Crippen LogP contribution in [0.25, 0.3) is 0 Å². The zero-order chi connectivity index (χ0) is 15.5.